The average molecular weight is 493 g/mol. The number of hydrogen-bond donors (Lipinski definition) is 1. The smallest absolute Gasteiger partial charge is 0.341 e. The van der Waals surface area contributed by atoms with E-state index >= 15 is 0 Å². The van der Waals surface area contributed by atoms with Gasteiger partial charge in [0, 0.05) is 18.8 Å². The van der Waals surface area contributed by atoms with E-state index in [0.29, 0.717) is 18.2 Å². The molecule has 182 valence electrons. The molecule has 1 rings (SSSR count). The monoisotopic (exact) mass is 492 g/mol. The molecule has 8 nitrogen and oxygen atoms in total. The summed E-state index contributed by atoms with van der Waals surface area (Å²) in [7, 11) is 0. The molecule has 1 N–H and O–H groups in total. The lowest BCUT2D eigenvalue weighted by Crippen LogP contribution is -2.47. The lowest BCUT2D eigenvalue weighted by Gasteiger charge is -2.24. The van der Waals surface area contributed by atoms with Gasteiger partial charge in [0.05, 0.1) is 18.2 Å². The maximum absolute atomic E-state index is 12.7. The third-order valence-electron chi connectivity index (χ3n) is 4.30. The first-order valence-corrected chi connectivity index (χ1v) is 11.5. The van der Waals surface area contributed by atoms with Gasteiger partial charge in [-0.3, -0.25) is 5.32 Å². The number of aromatic nitrogens is 1. The number of nitrogens with one attached hydrogen (secondary N) is 1. The predicted molar refractivity (Wildman–Crippen MR) is 123 cm³/mol. The SMILES string of the molecule is CCOC(=O)c1c(Cl)c(Cl)n(CCC(C)C)c1CNC(C(=O)OCC)C(=O)OC(C)(C)C. The Morgan fingerprint density at radius 3 is 2.12 bits per heavy atom. The fourth-order valence-electron chi connectivity index (χ4n) is 2.86. The highest BCUT2D eigenvalue weighted by Crippen LogP contribution is 2.33. The van der Waals surface area contributed by atoms with Crippen LogP contribution in [-0.2, 0) is 36.9 Å². The van der Waals surface area contributed by atoms with Crippen LogP contribution in [0.2, 0.25) is 10.2 Å². The lowest BCUT2D eigenvalue weighted by molar-refractivity contribution is -0.165. The number of carbonyl (C=O) groups excluding carboxylic acids is 3. The fraction of sp³-hybridized carbons (Fsp3) is 0.682. The van der Waals surface area contributed by atoms with Crippen molar-refractivity contribution in [3.63, 3.8) is 0 Å². The summed E-state index contributed by atoms with van der Waals surface area (Å²) in [6.45, 7) is 13.2. The highest BCUT2D eigenvalue weighted by atomic mass is 35.5. The van der Waals surface area contributed by atoms with Gasteiger partial charge in [0.1, 0.15) is 16.3 Å². The van der Waals surface area contributed by atoms with Crippen LogP contribution >= 0.6 is 23.2 Å². The molecule has 0 saturated heterocycles. The Hall–Kier alpha value is -1.77. The quantitative estimate of drug-likeness (QED) is 0.278. The van der Waals surface area contributed by atoms with Gasteiger partial charge in [-0.05, 0) is 47.0 Å². The van der Waals surface area contributed by atoms with Gasteiger partial charge >= 0.3 is 17.9 Å². The molecule has 0 saturated carbocycles. The molecule has 0 amide bonds. The van der Waals surface area contributed by atoms with Gasteiger partial charge in [0.15, 0.2) is 0 Å². The van der Waals surface area contributed by atoms with E-state index in [1.165, 1.54) is 0 Å². The molecule has 0 aliphatic heterocycles. The van der Waals surface area contributed by atoms with E-state index in [4.69, 9.17) is 37.4 Å². The van der Waals surface area contributed by atoms with Crippen LogP contribution in [0.5, 0.6) is 0 Å². The number of hydrogen-bond acceptors (Lipinski definition) is 7. The molecular weight excluding hydrogens is 459 g/mol. The molecule has 10 heteroatoms. The van der Waals surface area contributed by atoms with Gasteiger partial charge in [-0.2, -0.15) is 0 Å². The van der Waals surface area contributed by atoms with Crippen LogP contribution in [0, 0.1) is 5.92 Å². The summed E-state index contributed by atoms with van der Waals surface area (Å²) >= 11 is 12.8. The fourth-order valence-corrected chi connectivity index (χ4v) is 3.43. The zero-order valence-corrected chi connectivity index (χ0v) is 21.4. The second kappa shape index (κ2) is 12.5. The van der Waals surface area contributed by atoms with Crippen LogP contribution < -0.4 is 5.32 Å². The molecular formula is C22H34Cl2N2O6. The van der Waals surface area contributed by atoms with Gasteiger partial charge in [-0.1, -0.05) is 37.0 Å². The van der Waals surface area contributed by atoms with Crippen LogP contribution in [-0.4, -0.2) is 47.3 Å². The summed E-state index contributed by atoms with van der Waals surface area (Å²) in [5.41, 5.74) is -0.289. The minimum atomic E-state index is -1.39. The Morgan fingerprint density at radius 2 is 1.62 bits per heavy atom. The average Bonchev–Trinajstić information content (AvgIpc) is 2.89. The van der Waals surface area contributed by atoms with Crippen LogP contribution in [0.4, 0.5) is 0 Å². The number of halogens is 2. The van der Waals surface area contributed by atoms with E-state index in [0.717, 1.165) is 6.42 Å². The van der Waals surface area contributed by atoms with Gasteiger partial charge in [-0.15, -0.1) is 0 Å². The highest BCUT2D eigenvalue weighted by molar-refractivity contribution is 6.43. The predicted octanol–water partition coefficient (Wildman–Crippen LogP) is 4.38. The zero-order valence-electron chi connectivity index (χ0n) is 19.8. The zero-order chi connectivity index (χ0) is 24.6. The minimum absolute atomic E-state index is 0.0654. The topological polar surface area (TPSA) is 95.9 Å². The van der Waals surface area contributed by atoms with Gasteiger partial charge in [0.2, 0.25) is 6.04 Å². The van der Waals surface area contributed by atoms with Crippen LogP contribution in [0.25, 0.3) is 0 Å². The van der Waals surface area contributed by atoms with Crippen molar-refractivity contribution in [3.05, 3.63) is 21.4 Å². The summed E-state index contributed by atoms with van der Waals surface area (Å²) in [5.74, 6) is -1.83. The number of carbonyl (C=O) groups is 3. The third-order valence-corrected chi connectivity index (χ3v) is 5.16. The molecule has 1 heterocycles. The molecule has 1 aromatic heterocycles. The molecule has 0 aliphatic rings. The molecule has 0 bridgehead atoms. The van der Waals surface area contributed by atoms with E-state index in [9.17, 15) is 14.4 Å². The first kappa shape index (κ1) is 28.3. The van der Waals surface area contributed by atoms with Gasteiger partial charge in [0.25, 0.3) is 0 Å². The minimum Gasteiger partial charge on any atom is -0.464 e. The van der Waals surface area contributed by atoms with Crippen molar-refractivity contribution in [2.75, 3.05) is 13.2 Å². The summed E-state index contributed by atoms with van der Waals surface area (Å²) in [6.07, 6.45) is 0.771. The van der Waals surface area contributed by atoms with Gasteiger partial charge in [-0.25, -0.2) is 14.4 Å². The van der Waals surface area contributed by atoms with Crippen molar-refractivity contribution in [1.82, 2.24) is 9.88 Å². The van der Waals surface area contributed by atoms with Crippen LogP contribution in [0.3, 0.4) is 0 Å². The first-order chi connectivity index (χ1) is 14.8. The molecule has 32 heavy (non-hydrogen) atoms. The Labute approximate surface area is 199 Å². The number of nitrogens with zero attached hydrogens (tertiary/aromatic N) is 1. The lowest BCUT2D eigenvalue weighted by atomic mass is 10.1. The molecule has 0 radical (unpaired) electrons. The summed E-state index contributed by atoms with van der Waals surface area (Å²) in [5, 5.41) is 3.11. The molecule has 1 unspecified atom stereocenters. The van der Waals surface area contributed by atoms with Crippen LogP contribution in [0.15, 0.2) is 0 Å². The van der Waals surface area contributed by atoms with Crippen molar-refractivity contribution in [2.45, 2.75) is 79.6 Å². The number of ether oxygens (including phenoxy) is 3. The summed E-state index contributed by atoms with van der Waals surface area (Å²) in [6, 6.07) is -1.39. The molecule has 0 fully saturated rings. The Morgan fingerprint density at radius 1 is 1.03 bits per heavy atom. The van der Waals surface area contributed by atoms with E-state index in [-0.39, 0.29) is 35.5 Å². The standard InChI is InChI=1S/C22H34Cl2N2O6/c1-8-30-19(27)15-14(26(11-10-13(3)4)18(24)16(15)23)12-25-17(20(28)31-9-2)21(29)32-22(5,6)7/h13,17,25H,8-12H2,1-7H3. The van der Waals surface area contributed by atoms with E-state index in [2.05, 4.69) is 19.2 Å². The molecule has 0 spiro atoms. The largest absolute Gasteiger partial charge is 0.464 e. The number of esters is 3. The van der Waals surface area contributed by atoms with Crippen molar-refractivity contribution >= 4 is 41.1 Å². The molecule has 1 atom stereocenters. The second-order valence-corrected chi connectivity index (χ2v) is 9.32. The normalized spacial score (nSPS) is 12.6. The molecule has 0 aliphatic carbocycles. The molecule has 1 aromatic rings. The molecule has 0 aromatic carbocycles. The number of rotatable bonds is 11. The Balaban J connectivity index is 3.34. The van der Waals surface area contributed by atoms with Crippen molar-refractivity contribution in [1.29, 1.82) is 0 Å². The van der Waals surface area contributed by atoms with Crippen molar-refractivity contribution < 1.29 is 28.6 Å². The van der Waals surface area contributed by atoms with Crippen molar-refractivity contribution in [3.8, 4) is 0 Å². The van der Waals surface area contributed by atoms with Crippen molar-refractivity contribution in [2.24, 2.45) is 5.92 Å². The summed E-state index contributed by atoms with van der Waals surface area (Å²) in [4.78, 5) is 37.7. The maximum Gasteiger partial charge on any atom is 0.341 e. The second-order valence-electron chi connectivity index (χ2n) is 8.58. The highest BCUT2D eigenvalue weighted by Gasteiger charge is 2.34. The maximum atomic E-state index is 12.7. The van der Waals surface area contributed by atoms with E-state index in [1.54, 1.807) is 39.2 Å². The summed E-state index contributed by atoms with van der Waals surface area (Å²) < 4.78 is 17.2. The third kappa shape index (κ3) is 7.98. The van der Waals surface area contributed by atoms with Gasteiger partial charge < -0.3 is 18.8 Å². The van der Waals surface area contributed by atoms with E-state index in [1.807, 2.05) is 0 Å². The Kier molecular flexibility index (Phi) is 11.0. The Bertz CT molecular complexity index is 814. The first-order valence-electron chi connectivity index (χ1n) is 10.7. The van der Waals surface area contributed by atoms with E-state index < -0.39 is 29.6 Å². The van der Waals surface area contributed by atoms with Crippen LogP contribution in [0.1, 0.15) is 70.9 Å².